The molecule has 6 nitrogen and oxygen atoms in total. The predicted octanol–water partition coefficient (Wildman–Crippen LogP) is 2.74. The highest BCUT2D eigenvalue weighted by Crippen LogP contribution is 2.32. The van der Waals surface area contributed by atoms with Crippen LogP contribution in [0.4, 0.5) is 9.59 Å². The van der Waals surface area contributed by atoms with Crippen LogP contribution in [0.1, 0.15) is 0 Å². The second kappa shape index (κ2) is 8.42. The van der Waals surface area contributed by atoms with E-state index < -0.39 is 12.2 Å². The first kappa shape index (κ1) is 16.3. The van der Waals surface area contributed by atoms with E-state index in [1.807, 2.05) is 5.48 Å². The van der Waals surface area contributed by atoms with Gasteiger partial charge in [0.2, 0.25) is 0 Å². The van der Waals surface area contributed by atoms with Gasteiger partial charge in [0.25, 0.3) is 0 Å². The summed E-state index contributed by atoms with van der Waals surface area (Å²) >= 11 is 0. The molecule has 0 saturated carbocycles. The number of hydrogen-bond donors (Lipinski definition) is 1. The summed E-state index contributed by atoms with van der Waals surface area (Å²) in [5.41, 5.74) is 4.66. The van der Waals surface area contributed by atoms with Crippen LogP contribution in [-0.2, 0) is 9.57 Å². The van der Waals surface area contributed by atoms with Crippen molar-refractivity contribution in [2.24, 2.45) is 0 Å². The van der Waals surface area contributed by atoms with Crippen molar-refractivity contribution < 1.29 is 19.2 Å². The number of fused-ring (bicyclic) bond motifs is 1. The van der Waals surface area contributed by atoms with Gasteiger partial charge in [-0.15, -0.1) is 18.6 Å². The van der Waals surface area contributed by atoms with Gasteiger partial charge in [0, 0.05) is 13.1 Å². The highest BCUT2D eigenvalue weighted by Gasteiger charge is 2.13. The van der Waals surface area contributed by atoms with Crippen molar-refractivity contribution in [1.29, 1.82) is 0 Å². The summed E-state index contributed by atoms with van der Waals surface area (Å²) in [5.74, 6) is 0. The van der Waals surface area contributed by atoms with E-state index >= 15 is 0 Å². The first-order chi connectivity index (χ1) is 10.1. The summed E-state index contributed by atoms with van der Waals surface area (Å²) < 4.78 is 4.21. The lowest BCUT2D eigenvalue weighted by Crippen LogP contribution is -2.37. The molecule has 0 aromatic heterocycles. The molecule has 1 N–H and O–H groups in total. The Morgan fingerprint density at radius 1 is 1.24 bits per heavy atom. The Morgan fingerprint density at radius 3 is 2.14 bits per heavy atom. The summed E-state index contributed by atoms with van der Waals surface area (Å²) in [6.45, 7) is 7.56. The van der Waals surface area contributed by atoms with Gasteiger partial charge in [-0.3, -0.25) is 4.90 Å². The van der Waals surface area contributed by atoms with Crippen LogP contribution in [0, 0.1) is 0 Å². The minimum absolute atomic E-state index is 0.299. The Hall–Kier alpha value is -2.76. The maximum absolute atomic E-state index is 11.3. The number of carbonyl (C=O) groups excluding carboxylic acids is 2. The van der Waals surface area contributed by atoms with Gasteiger partial charge in [0.1, 0.15) is 0 Å². The first-order valence-electron chi connectivity index (χ1n) is 6.24. The normalized spacial score (nSPS) is 9.38. The van der Waals surface area contributed by atoms with Gasteiger partial charge in [-0.25, -0.2) is 9.59 Å². The van der Waals surface area contributed by atoms with Crippen molar-refractivity contribution in [1.82, 2.24) is 10.4 Å². The van der Waals surface area contributed by atoms with Gasteiger partial charge in [-0.05, 0) is 17.2 Å². The standard InChI is InChI=1S/C9H14N2O4.C6H4/c1-4-6-11(7-5-2)9(13)15-10-8(12)14-3;1-2-5-4-6(5)3-1/h4-5H,1-2,6-7H2,3H3,(H,10,12);1-4H. The Kier molecular flexibility index (Phi) is 6.53. The average Bonchev–Trinajstić information content (AvgIpc) is 3.10. The third-order valence-corrected chi connectivity index (χ3v) is 2.48. The van der Waals surface area contributed by atoms with E-state index in [4.69, 9.17) is 0 Å². The fourth-order valence-electron chi connectivity index (χ4n) is 1.40. The SMILES string of the molecule is C=CCN(CC=C)C(=O)ONC(=O)OC.c1cc2cc-2c1. The molecule has 0 spiro atoms. The molecule has 0 saturated heterocycles. The minimum atomic E-state index is -0.847. The van der Waals surface area contributed by atoms with E-state index in [0.29, 0.717) is 13.1 Å². The fourth-order valence-corrected chi connectivity index (χ4v) is 1.40. The van der Waals surface area contributed by atoms with Gasteiger partial charge in [-0.1, -0.05) is 30.4 Å². The Labute approximate surface area is 123 Å². The Balaban J connectivity index is 0.000000294. The van der Waals surface area contributed by atoms with E-state index in [0.717, 1.165) is 7.11 Å². The van der Waals surface area contributed by atoms with Gasteiger partial charge in [-0.2, -0.15) is 0 Å². The summed E-state index contributed by atoms with van der Waals surface area (Å²) in [5, 5.41) is 0. The number of nitrogens with one attached hydrogen (secondary N) is 1. The second-order valence-corrected chi connectivity index (χ2v) is 4.02. The highest BCUT2D eigenvalue weighted by molar-refractivity contribution is 5.80. The Morgan fingerprint density at radius 2 is 1.81 bits per heavy atom. The molecule has 0 unspecified atom stereocenters. The molecular weight excluding hydrogens is 272 g/mol. The number of hydroxylamine groups is 1. The van der Waals surface area contributed by atoms with Gasteiger partial charge in [0.05, 0.1) is 7.11 Å². The fraction of sp³-hybridized carbons (Fsp3) is 0.200. The molecule has 0 bridgehead atoms. The molecule has 21 heavy (non-hydrogen) atoms. The van der Waals surface area contributed by atoms with Gasteiger partial charge in [0.15, 0.2) is 0 Å². The van der Waals surface area contributed by atoms with Crippen LogP contribution >= 0.6 is 0 Å². The number of nitrogens with zero attached hydrogens (tertiary/aromatic N) is 1. The zero-order valence-electron chi connectivity index (χ0n) is 11.9. The maximum atomic E-state index is 11.3. The molecule has 0 heterocycles. The molecule has 0 fully saturated rings. The predicted molar refractivity (Wildman–Crippen MR) is 79.4 cm³/mol. The summed E-state index contributed by atoms with van der Waals surface area (Å²) in [6, 6.07) is 8.48. The van der Waals surface area contributed by atoms with E-state index in [1.54, 1.807) is 0 Å². The summed E-state index contributed by atoms with van der Waals surface area (Å²) in [4.78, 5) is 27.6. The lowest BCUT2D eigenvalue weighted by molar-refractivity contribution is 0.0523. The molecule has 6 heteroatoms. The highest BCUT2D eigenvalue weighted by atomic mass is 16.7. The van der Waals surface area contributed by atoms with Crippen LogP contribution in [0.25, 0.3) is 11.1 Å². The number of hydrogen-bond acceptors (Lipinski definition) is 4. The van der Waals surface area contributed by atoms with Crippen molar-refractivity contribution in [3.63, 3.8) is 0 Å². The third kappa shape index (κ3) is 5.82. The van der Waals surface area contributed by atoms with Crippen molar-refractivity contribution in [2.45, 2.75) is 0 Å². The van der Waals surface area contributed by atoms with E-state index in [9.17, 15) is 9.59 Å². The molecule has 0 radical (unpaired) electrons. The van der Waals surface area contributed by atoms with E-state index in [2.05, 4.69) is 47.0 Å². The lowest BCUT2D eigenvalue weighted by Gasteiger charge is -2.17. The van der Waals surface area contributed by atoms with Crippen molar-refractivity contribution in [2.75, 3.05) is 20.2 Å². The molecule has 0 aromatic rings. The molecule has 0 aromatic carbocycles. The van der Waals surface area contributed by atoms with Gasteiger partial charge >= 0.3 is 12.2 Å². The molecule has 2 rings (SSSR count). The number of amides is 2. The van der Waals surface area contributed by atoms with Gasteiger partial charge < -0.3 is 9.57 Å². The zero-order valence-corrected chi connectivity index (χ0v) is 11.9. The van der Waals surface area contributed by atoms with Crippen LogP contribution in [0.3, 0.4) is 0 Å². The van der Waals surface area contributed by atoms with Crippen molar-refractivity contribution >= 4 is 12.2 Å². The quantitative estimate of drug-likeness (QED) is 0.694. The topological polar surface area (TPSA) is 67.9 Å². The molecule has 112 valence electrons. The number of methoxy groups -OCH3 is 1. The van der Waals surface area contributed by atoms with Crippen LogP contribution in [0.15, 0.2) is 49.6 Å². The minimum Gasteiger partial charge on any atom is -0.451 e. The molecule has 2 aliphatic carbocycles. The largest absolute Gasteiger partial charge is 0.451 e. The lowest BCUT2D eigenvalue weighted by atomic mass is 10.5. The van der Waals surface area contributed by atoms with Crippen LogP contribution in [0.2, 0.25) is 0 Å². The molecule has 0 atom stereocenters. The molecular formula is C15H18N2O4. The number of carbonyl (C=O) groups is 2. The monoisotopic (exact) mass is 290 g/mol. The van der Waals surface area contributed by atoms with Crippen LogP contribution in [-0.4, -0.2) is 37.3 Å². The maximum Gasteiger partial charge on any atom is 0.440 e. The molecule has 2 amide bonds. The van der Waals surface area contributed by atoms with Crippen LogP contribution < -0.4 is 5.48 Å². The van der Waals surface area contributed by atoms with E-state index in [-0.39, 0.29) is 0 Å². The molecule has 0 aliphatic heterocycles. The van der Waals surface area contributed by atoms with Crippen molar-refractivity contribution in [3.8, 4) is 11.1 Å². The van der Waals surface area contributed by atoms with Crippen LogP contribution in [0.5, 0.6) is 0 Å². The summed E-state index contributed by atoms with van der Waals surface area (Å²) in [6.07, 6.45) is 1.51. The third-order valence-electron chi connectivity index (χ3n) is 2.48. The van der Waals surface area contributed by atoms with Crippen molar-refractivity contribution in [3.05, 3.63) is 49.6 Å². The summed E-state index contributed by atoms with van der Waals surface area (Å²) in [7, 11) is 1.16. The number of rotatable bonds is 4. The first-order valence-corrected chi connectivity index (χ1v) is 6.24. The number of benzene rings is 1. The average molecular weight is 290 g/mol. The smallest absolute Gasteiger partial charge is 0.440 e. The Bertz CT molecular complexity index is 501. The zero-order chi connectivity index (χ0) is 15.7. The molecule has 2 aliphatic rings. The van der Waals surface area contributed by atoms with E-state index in [1.165, 1.54) is 28.2 Å². The second-order valence-electron chi connectivity index (χ2n) is 4.02. The number of ether oxygens (including phenoxy) is 1.